The summed E-state index contributed by atoms with van der Waals surface area (Å²) in [5.74, 6) is 0.0589. The minimum atomic E-state index is -0.612. The van der Waals surface area contributed by atoms with Crippen molar-refractivity contribution in [1.29, 1.82) is 0 Å². The Morgan fingerprint density at radius 2 is 1.53 bits per heavy atom. The van der Waals surface area contributed by atoms with Gasteiger partial charge in [0.05, 0.1) is 12.7 Å². The number of imidazole rings is 1. The average Bonchev–Trinajstić information content (AvgIpc) is 3.33. The van der Waals surface area contributed by atoms with Crippen LogP contribution in [-0.4, -0.2) is 71.6 Å². The Hall–Kier alpha value is -5.32. The van der Waals surface area contributed by atoms with E-state index in [1.807, 2.05) is 65.0 Å². The van der Waals surface area contributed by atoms with E-state index in [4.69, 9.17) is 9.47 Å². The number of methoxy groups -OCH3 is 1. The Bertz CT molecular complexity index is 1810. The van der Waals surface area contributed by atoms with E-state index >= 15 is 0 Å². The van der Waals surface area contributed by atoms with Gasteiger partial charge in [0.1, 0.15) is 11.4 Å². The van der Waals surface area contributed by atoms with E-state index < -0.39 is 17.6 Å². The number of rotatable bonds is 6. The van der Waals surface area contributed by atoms with Gasteiger partial charge in [0.15, 0.2) is 5.69 Å². The first kappa shape index (κ1) is 33.1. The summed E-state index contributed by atoms with van der Waals surface area (Å²) in [6, 6.07) is 18.1. The minimum Gasteiger partial charge on any atom is -0.710 e. The normalized spacial score (nSPS) is 13.3. The van der Waals surface area contributed by atoms with Crippen LogP contribution in [-0.2, 0) is 4.74 Å². The number of aromatic nitrogens is 2. The van der Waals surface area contributed by atoms with E-state index in [0.717, 1.165) is 22.3 Å². The van der Waals surface area contributed by atoms with Crippen LogP contribution in [0.5, 0.6) is 5.75 Å². The van der Waals surface area contributed by atoms with Crippen molar-refractivity contribution in [3.8, 4) is 28.3 Å². The molecule has 3 aromatic carbocycles. The number of anilines is 1. The van der Waals surface area contributed by atoms with Gasteiger partial charge >= 0.3 is 6.09 Å². The van der Waals surface area contributed by atoms with E-state index in [-0.39, 0.29) is 17.4 Å². The van der Waals surface area contributed by atoms with Crippen LogP contribution in [0.2, 0.25) is 0 Å². The number of benzene rings is 3. The quantitative estimate of drug-likeness (QED) is 0.201. The second-order valence-corrected chi connectivity index (χ2v) is 12.7. The van der Waals surface area contributed by atoms with Gasteiger partial charge in [0.2, 0.25) is 5.69 Å². The number of carbonyl (C=O) groups is 3. The summed E-state index contributed by atoms with van der Waals surface area (Å²) in [5.41, 5.74) is 5.07. The maximum absolute atomic E-state index is 13.6. The van der Waals surface area contributed by atoms with Crippen molar-refractivity contribution in [2.24, 2.45) is 0 Å². The third-order valence-electron chi connectivity index (χ3n) is 8.09. The number of nitrogens with zero attached hydrogens (tertiary/aromatic N) is 3. The molecule has 11 nitrogen and oxygen atoms in total. The third-order valence-corrected chi connectivity index (χ3v) is 8.09. The molecule has 1 aliphatic rings. The molecule has 3 amide bonds. The zero-order valence-electron chi connectivity index (χ0n) is 27.9. The Labute approximate surface area is 274 Å². The second-order valence-electron chi connectivity index (χ2n) is 12.7. The Balaban J connectivity index is 1.32. The number of aromatic amines is 1. The maximum atomic E-state index is 13.6. The van der Waals surface area contributed by atoms with Crippen LogP contribution >= 0.6 is 0 Å². The molecule has 0 bridgehead atoms. The second kappa shape index (κ2) is 13.2. The Morgan fingerprint density at radius 1 is 0.894 bits per heavy atom. The molecule has 0 radical (unpaired) electrons. The van der Waals surface area contributed by atoms with E-state index in [9.17, 15) is 19.6 Å². The van der Waals surface area contributed by atoms with Gasteiger partial charge in [-0.2, -0.15) is 0 Å². The predicted molar refractivity (Wildman–Crippen MR) is 179 cm³/mol. The van der Waals surface area contributed by atoms with Crippen molar-refractivity contribution in [3.05, 3.63) is 93.9 Å². The Kier molecular flexibility index (Phi) is 9.28. The van der Waals surface area contributed by atoms with E-state index in [2.05, 4.69) is 10.3 Å². The van der Waals surface area contributed by atoms with Gasteiger partial charge in [-0.15, -0.1) is 0 Å². The van der Waals surface area contributed by atoms with Gasteiger partial charge in [-0.25, -0.2) is 14.5 Å². The number of nitrogens with one attached hydrogen (secondary N) is 2. The molecule has 47 heavy (non-hydrogen) atoms. The molecule has 1 fully saturated rings. The average molecular weight is 640 g/mol. The van der Waals surface area contributed by atoms with Crippen LogP contribution in [0.1, 0.15) is 58.4 Å². The largest absolute Gasteiger partial charge is 0.710 e. The van der Waals surface area contributed by atoms with E-state index in [1.54, 1.807) is 54.2 Å². The zero-order valence-corrected chi connectivity index (χ0v) is 27.9. The molecule has 1 saturated heterocycles. The van der Waals surface area contributed by atoms with Crippen LogP contribution in [0.25, 0.3) is 22.5 Å². The van der Waals surface area contributed by atoms with Crippen molar-refractivity contribution < 1.29 is 28.6 Å². The monoisotopic (exact) mass is 639 g/mol. The summed E-state index contributed by atoms with van der Waals surface area (Å²) < 4.78 is 11.7. The van der Waals surface area contributed by atoms with Crippen LogP contribution in [0.15, 0.2) is 60.7 Å². The molecule has 1 aliphatic heterocycles. The van der Waals surface area contributed by atoms with E-state index in [0.29, 0.717) is 59.2 Å². The molecule has 11 heteroatoms. The number of aryl methyl sites for hydroxylation is 3. The van der Waals surface area contributed by atoms with Gasteiger partial charge in [-0.05, 0) is 87.7 Å². The van der Waals surface area contributed by atoms with Crippen LogP contribution < -0.4 is 14.8 Å². The summed E-state index contributed by atoms with van der Waals surface area (Å²) >= 11 is 0. The molecule has 1 aromatic heterocycles. The topological polar surface area (TPSA) is 131 Å². The lowest BCUT2D eigenvalue weighted by Crippen LogP contribution is -2.51. The van der Waals surface area contributed by atoms with Gasteiger partial charge in [0.25, 0.3) is 17.6 Å². The summed E-state index contributed by atoms with van der Waals surface area (Å²) in [6.45, 7) is 12.6. The standard InChI is InChI=1S/C36H41N5O6/c1-22-10-8-11-23(2)30(22)28-21-25(14-15-29(28)46-7)32-37-24(3)31(41(32)45)33(42)38-27-13-9-12-26(20-27)34(43)39-16-18-40(19-17-39)35(44)47-36(4,5)6/h8-15,20-21,37H,16-19H2,1-7H3,(H,38,42). The van der Waals surface area contributed by atoms with Gasteiger partial charge in [-0.1, -0.05) is 24.3 Å². The Morgan fingerprint density at radius 3 is 2.17 bits per heavy atom. The van der Waals surface area contributed by atoms with Crippen LogP contribution in [0.4, 0.5) is 10.5 Å². The number of amides is 3. The molecule has 2 N–H and O–H groups in total. The van der Waals surface area contributed by atoms with Crippen molar-refractivity contribution in [3.63, 3.8) is 0 Å². The molecule has 0 aliphatic carbocycles. The number of ether oxygens (including phenoxy) is 2. The van der Waals surface area contributed by atoms with Crippen molar-refractivity contribution in [1.82, 2.24) is 14.8 Å². The van der Waals surface area contributed by atoms with Gasteiger partial charge < -0.3 is 29.8 Å². The number of piperazine rings is 1. The summed E-state index contributed by atoms with van der Waals surface area (Å²) in [7, 11) is 1.61. The number of hydrogen-bond donors (Lipinski definition) is 2. The lowest BCUT2D eigenvalue weighted by molar-refractivity contribution is -0.594. The van der Waals surface area contributed by atoms with Gasteiger partial charge in [-0.3, -0.25) is 9.59 Å². The minimum absolute atomic E-state index is 0.0839. The summed E-state index contributed by atoms with van der Waals surface area (Å²) in [5, 5.41) is 16.4. The van der Waals surface area contributed by atoms with Crippen molar-refractivity contribution in [2.45, 2.75) is 47.1 Å². The number of H-pyrrole nitrogens is 1. The molecule has 4 aromatic rings. The SMILES string of the molecule is COc1ccc(-c2[nH]c(C)c(C(=O)Nc3cccc(C(=O)N4CCN(C(=O)OC(C)(C)C)CC4)c3)[n+]2[O-])cc1-c1c(C)cccc1C. The lowest BCUT2D eigenvalue weighted by atomic mass is 9.93. The van der Waals surface area contributed by atoms with Crippen LogP contribution in [0.3, 0.4) is 0 Å². The highest BCUT2D eigenvalue weighted by atomic mass is 16.6. The molecule has 2 heterocycles. The van der Waals surface area contributed by atoms with Crippen molar-refractivity contribution >= 4 is 23.6 Å². The predicted octanol–water partition coefficient (Wildman–Crippen LogP) is 5.86. The molecule has 0 saturated carbocycles. The fourth-order valence-electron chi connectivity index (χ4n) is 5.82. The summed E-state index contributed by atoms with van der Waals surface area (Å²) in [6.07, 6.45) is -0.401. The highest BCUT2D eigenvalue weighted by Gasteiger charge is 2.29. The number of hydrogen-bond acceptors (Lipinski definition) is 6. The fraction of sp³-hybridized carbons (Fsp3) is 0.333. The first-order chi connectivity index (χ1) is 22.3. The molecule has 5 rings (SSSR count). The first-order valence-corrected chi connectivity index (χ1v) is 15.5. The molecular formula is C36H41N5O6. The first-order valence-electron chi connectivity index (χ1n) is 15.5. The molecule has 0 unspecified atom stereocenters. The molecular weight excluding hydrogens is 598 g/mol. The fourth-order valence-corrected chi connectivity index (χ4v) is 5.82. The van der Waals surface area contributed by atoms with Crippen molar-refractivity contribution in [2.75, 3.05) is 38.6 Å². The lowest BCUT2D eigenvalue weighted by Gasteiger charge is -2.35. The molecule has 0 spiro atoms. The molecule has 246 valence electrons. The highest BCUT2D eigenvalue weighted by Crippen LogP contribution is 2.37. The highest BCUT2D eigenvalue weighted by molar-refractivity contribution is 6.04. The zero-order chi connectivity index (χ0) is 34.0. The number of carbonyl (C=O) groups excluding carboxylic acids is 3. The maximum Gasteiger partial charge on any atom is 0.410 e. The van der Waals surface area contributed by atoms with E-state index in [1.165, 1.54) is 0 Å². The third kappa shape index (κ3) is 7.09. The smallest absolute Gasteiger partial charge is 0.410 e. The van der Waals surface area contributed by atoms with Crippen LogP contribution in [0, 0.1) is 26.0 Å². The van der Waals surface area contributed by atoms with Gasteiger partial charge in [0, 0.05) is 49.9 Å². The molecule has 0 atom stereocenters. The summed E-state index contributed by atoms with van der Waals surface area (Å²) in [4.78, 5) is 45.5.